The second kappa shape index (κ2) is 7.59. The first-order valence-corrected chi connectivity index (χ1v) is 8.87. The zero-order valence-corrected chi connectivity index (χ0v) is 14.3. The van der Waals surface area contributed by atoms with E-state index in [4.69, 9.17) is 4.74 Å². The Labute approximate surface area is 145 Å². The van der Waals surface area contributed by atoms with Gasteiger partial charge in [0.05, 0.1) is 0 Å². The van der Waals surface area contributed by atoms with Gasteiger partial charge in [0, 0.05) is 31.5 Å². The van der Waals surface area contributed by atoms with Gasteiger partial charge in [0.1, 0.15) is 6.10 Å². The first-order valence-electron chi connectivity index (χ1n) is 7.92. The lowest BCUT2D eigenvalue weighted by Crippen LogP contribution is -2.28. The maximum absolute atomic E-state index is 12.6. The molecule has 1 atom stereocenters. The number of hydrogen-bond acceptors (Lipinski definition) is 4. The molecule has 0 radical (unpaired) electrons. The molecule has 2 amide bonds. The summed E-state index contributed by atoms with van der Waals surface area (Å²) in [5.74, 6) is -0.224. The van der Waals surface area contributed by atoms with Gasteiger partial charge in [-0.15, -0.1) is 0 Å². The highest BCUT2D eigenvalue weighted by molar-refractivity contribution is 7.07. The Morgan fingerprint density at radius 1 is 1.38 bits per heavy atom. The van der Waals surface area contributed by atoms with Crippen LogP contribution < -0.4 is 5.32 Å². The van der Waals surface area contributed by atoms with Gasteiger partial charge in [-0.2, -0.15) is 11.3 Å². The van der Waals surface area contributed by atoms with Gasteiger partial charge in [0.25, 0.3) is 11.8 Å². The Hall–Kier alpha value is -2.18. The van der Waals surface area contributed by atoms with E-state index in [2.05, 4.69) is 5.32 Å². The molecule has 6 heteroatoms. The van der Waals surface area contributed by atoms with Crippen LogP contribution >= 0.6 is 11.3 Å². The van der Waals surface area contributed by atoms with Crippen molar-refractivity contribution in [2.45, 2.75) is 25.5 Å². The molecule has 1 saturated heterocycles. The lowest BCUT2D eigenvalue weighted by atomic mass is 10.1. The van der Waals surface area contributed by atoms with Crippen molar-refractivity contribution in [3.63, 3.8) is 0 Å². The highest BCUT2D eigenvalue weighted by Crippen LogP contribution is 2.18. The Bertz CT molecular complexity index is 709. The Kier molecular flexibility index (Phi) is 5.27. The number of hydrogen-bond donors (Lipinski definition) is 1. The number of carbonyl (C=O) groups is 2. The summed E-state index contributed by atoms with van der Waals surface area (Å²) in [6.45, 7) is 1.19. The number of anilines is 1. The van der Waals surface area contributed by atoms with Crippen molar-refractivity contribution in [3.8, 4) is 0 Å². The van der Waals surface area contributed by atoms with Gasteiger partial charge in [-0.1, -0.05) is 6.07 Å². The van der Waals surface area contributed by atoms with Crippen LogP contribution in [0.5, 0.6) is 0 Å². The van der Waals surface area contributed by atoms with Crippen molar-refractivity contribution < 1.29 is 14.3 Å². The highest BCUT2D eigenvalue weighted by Gasteiger charge is 2.23. The van der Waals surface area contributed by atoms with E-state index in [0.29, 0.717) is 24.4 Å². The average molecular weight is 344 g/mol. The van der Waals surface area contributed by atoms with E-state index >= 15 is 0 Å². The minimum absolute atomic E-state index is 0.0746. The molecule has 1 aliphatic heterocycles. The molecule has 2 aromatic rings. The fourth-order valence-electron chi connectivity index (χ4n) is 2.69. The summed E-state index contributed by atoms with van der Waals surface area (Å²) in [5.41, 5.74) is 2.28. The molecule has 0 aliphatic carbocycles. The van der Waals surface area contributed by atoms with Crippen molar-refractivity contribution in [1.82, 2.24) is 4.90 Å². The molecule has 1 N–H and O–H groups in total. The Morgan fingerprint density at radius 3 is 2.96 bits per heavy atom. The number of rotatable bonds is 5. The maximum Gasteiger partial charge on any atom is 0.253 e. The van der Waals surface area contributed by atoms with Crippen molar-refractivity contribution in [2.75, 3.05) is 19.0 Å². The van der Waals surface area contributed by atoms with E-state index in [1.54, 1.807) is 47.5 Å². The monoisotopic (exact) mass is 344 g/mol. The lowest BCUT2D eigenvalue weighted by molar-refractivity contribution is -0.124. The molecule has 2 heterocycles. The molecule has 0 saturated carbocycles. The standard InChI is InChI=1S/C18H20N2O3S/c1-20(11-13-7-9-24-12-13)18(22)14-4-2-5-15(10-14)19-17(21)16-6-3-8-23-16/h2,4-5,7,9-10,12,16H,3,6,8,11H2,1H3,(H,19,21)/t16-/m1/s1. The second-order valence-corrected chi connectivity index (χ2v) is 6.64. The molecule has 0 bridgehead atoms. The van der Waals surface area contributed by atoms with E-state index < -0.39 is 0 Å². The van der Waals surface area contributed by atoms with Gasteiger partial charge in [-0.25, -0.2) is 0 Å². The van der Waals surface area contributed by atoms with Gasteiger partial charge < -0.3 is 15.0 Å². The molecule has 1 aromatic heterocycles. The molecule has 0 unspecified atom stereocenters. The second-order valence-electron chi connectivity index (χ2n) is 5.86. The first-order chi connectivity index (χ1) is 11.6. The lowest BCUT2D eigenvalue weighted by Gasteiger charge is -2.17. The van der Waals surface area contributed by atoms with Crippen molar-refractivity contribution in [1.29, 1.82) is 0 Å². The fraction of sp³-hybridized carbons (Fsp3) is 0.333. The summed E-state index contributed by atoms with van der Waals surface area (Å²) in [4.78, 5) is 26.3. The van der Waals surface area contributed by atoms with Crippen LogP contribution in [0.15, 0.2) is 41.1 Å². The molecule has 3 rings (SSSR count). The molecule has 126 valence electrons. The average Bonchev–Trinajstić information content (AvgIpc) is 3.28. The Morgan fingerprint density at radius 2 is 2.25 bits per heavy atom. The zero-order chi connectivity index (χ0) is 16.9. The van der Waals surface area contributed by atoms with Crippen molar-refractivity contribution in [2.24, 2.45) is 0 Å². The summed E-state index contributed by atoms with van der Waals surface area (Å²) in [6, 6.07) is 9.03. The molecule has 5 nitrogen and oxygen atoms in total. The van der Waals surface area contributed by atoms with Gasteiger partial charge in [0.15, 0.2) is 0 Å². The van der Waals surface area contributed by atoms with Crippen LogP contribution in [-0.4, -0.2) is 36.5 Å². The van der Waals surface area contributed by atoms with Gasteiger partial charge in [-0.3, -0.25) is 9.59 Å². The van der Waals surface area contributed by atoms with Crippen LogP contribution in [0.4, 0.5) is 5.69 Å². The van der Waals surface area contributed by atoms with Crippen LogP contribution in [0.1, 0.15) is 28.8 Å². The van der Waals surface area contributed by atoms with Gasteiger partial charge in [-0.05, 0) is 53.4 Å². The largest absolute Gasteiger partial charge is 0.368 e. The summed E-state index contributed by atoms with van der Waals surface area (Å²) >= 11 is 1.61. The summed E-state index contributed by atoms with van der Waals surface area (Å²) < 4.78 is 5.38. The highest BCUT2D eigenvalue weighted by atomic mass is 32.1. The topological polar surface area (TPSA) is 58.6 Å². The fourth-order valence-corrected chi connectivity index (χ4v) is 3.35. The minimum Gasteiger partial charge on any atom is -0.368 e. The van der Waals surface area contributed by atoms with E-state index in [1.165, 1.54) is 0 Å². The normalized spacial score (nSPS) is 16.8. The number of nitrogens with one attached hydrogen (secondary N) is 1. The number of thiophene rings is 1. The summed E-state index contributed by atoms with van der Waals surface area (Å²) in [5, 5.41) is 6.86. The molecule has 1 aromatic carbocycles. The Balaban J connectivity index is 1.65. The summed E-state index contributed by atoms with van der Waals surface area (Å²) in [6.07, 6.45) is 1.27. The van der Waals surface area contributed by atoms with Crippen molar-refractivity contribution in [3.05, 3.63) is 52.2 Å². The quantitative estimate of drug-likeness (QED) is 0.906. The third kappa shape index (κ3) is 4.01. The van der Waals surface area contributed by atoms with Crippen LogP contribution in [0.25, 0.3) is 0 Å². The molecule has 1 aliphatic rings. The van der Waals surface area contributed by atoms with Gasteiger partial charge >= 0.3 is 0 Å². The van der Waals surface area contributed by atoms with Gasteiger partial charge in [0.2, 0.25) is 0 Å². The predicted molar refractivity (Wildman–Crippen MR) is 94.2 cm³/mol. The number of ether oxygens (including phenoxy) is 1. The summed E-state index contributed by atoms with van der Waals surface area (Å²) in [7, 11) is 1.78. The van der Waals surface area contributed by atoms with Crippen LogP contribution in [0.2, 0.25) is 0 Å². The molecular weight excluding hydrogens is 324 g/mol. The zero-order valence-electron chi connectivity index (χ0n) is 13.5. The molecular formula is C18H20N2O3S. The maximum atomic E-state index is 12.6. The third-order valence-corrected chi connectivity index (χ3v) is 4.68. The minimum atomic E-state index is -0.384. The van der Waals surface area contributed by atoms with Crippen LogP contribution in [0, 0.1) is 0 Å². The molecule has 0 spiro atoms. The molecule has 24 heavy (non-hydrogen) atoms. The third-order valence-electron chi connectivity index (χ3n) is 3.95. The smallest absolute Gasteiger partial charge is 0.253 e. The number of benzene rings is 1. The van der Waals surface area contributed by atoms with E-state index in [1.807, 2.05) is 16.8 Å². The van der Waals surface area contributed by atoms with E-state index in [9.17, 15) is 9.59 Å². The van der Waals surface area contributed by atoms with E-state index in [0.717, 1.165) is 18.4 Å². The van der Waals surface area contributed by atoms with Crippen molar-refractivity contribution >= 4 is 28.8 Å². The molecule has 1 fully saturated rings. The van der Waals surface area contributed by atoms with Crippen LogP contribution in [-0.2, 0) is 16.1 Å². The number of amides is 2. The number of carbonyl (C=O) groups excluding carboxylic acids is 2. The predicted octanol–water partition coefficient (Wildman–Crippen LogP) is 3.14. The number of nitrogens with zero attached hydrogens (tertiary/aromatic N) is 1. The SMILES string of the molecule is CN(Cc1ccsc1)C(=O)c1cccc(NC(=O)[C@H]2CCCO2)c1. The first kappa shape index (κ1) is 16.7. The van der Waals surface area contributed by atoms with E-state index in [-0.39, 0.29) is 17.9 Å². The van der Waals surface area contributed by atoms with Crippen LogP contribution in [0.3, 0.4) is 0 Å².